The third-order valence-corrected chi connectivity index (χ3v) is 4.80. The lowest BCUT2D eigenvalue weighted by molar-refractivity contribution is 0.528. The van der Waals surface area contributed by atoms with Gasteiger partial charge in [0.2, 0.25) is 0 Å². The predicted octanol–water partition coefficient (Wildman–Crippen LogP) is 5.18. The van der Waals surface area contributed by atoms with E-state index in [0.29, 0.717) is 11.9 Å². The van der Waals surface area contributed by atoms with Crippen LogP contribution in [0, 0.1) is 0 Å². The molecule has 5 heteroatoms. The molecule has 2 aromatic rings. The van der Waals surface area contributed by atoms with E-state index in [1.54, 1.807) is 0 Å². The monoisotopic (exact) mass is 330 g/mol. The van der Waals surface area contributed by atoms with E-state index in [-0.39, 0.29) is 0 Å². The molecule has 20 heavy (non-hydrogen) atoms. The van der Waals surface area contributed by atoms with Crippen molar-refractivity contribution in [3.05, 3.63) is 29.0 Å². The summed E-state index contributed by atoms with van der Waals surface area (Å²) in [6.45, 7) is 4.43. The highest BCUT2D eigenvalue weighted by Crippen LogP contribution is 2.29. The zero-order valence-corrected chi connectivity index (χ0v) is 14.2. The minimum Gasteiger partial charge on any atom is -0.324 e. The first-order valence-corrected chi connectivity index (χ1v) is 9.04. The van der Waals surface area contributed by atoms with E-state index in [1.165, 1.54) is 0 Å². The Morgan fingerprint density at radius 1 is 1.40 bits per heavy atom. The summed E-state index contributed by atoms with van der Waals surface area (Å²) in [5, 5.41) is 0.769. The van der Waals surface area contributed by atoms with Crippen molar-refractivity contribution in [2.45, 2.75) is 32.7 Å². The van der Waals surface area contributed by atoms with Gasteiger partial charge in [0.25, 0.3) is 0 Å². The molecule has 1 aromatic heterocycles. The van der Waals surface area contributed by atoms with Gasteiger partial charge in [0.1, 0.15) is 5.82 Å². The van der Waals surface area contributed by atoms with Gasteiger partial charge in [-0.2, -0.15) is 11.8 Å². The third-order valence-electron chi connectivity index (χ3n) is 3.38. The fraction of sp³-hybridized carbons (Fsp3) is 0.533. The van der Waals surface area contributed by atoms with Crippen LogP contribution in [-0.2, 0) is 6.42 Å². The van der Waals surface area contributed by atoms with Crippen molar-refractivity contribution in [3.8, 4) is 0 Å². The van der Waals surface area contributed by atoms with E-state index in [0.717, 1.165) is 46.2 Å². The highest BCUT2D eigenvalue weighted by molar-refractivity contribution is 7.99. The molecule has 1 atom stereocenters. The zero-order chi connectivity index (χ0) is 14.5. The van der Waals surface area contributed by atoms with Crippen molar-refractivity contribution in [2.24, 2.45) is 0 Å². The first-order chi connectivity index (χ1) is 9.69. The standard InChI is InChI=1S/C15H20Cl2N2S/c1-3-20-10-8-11(2)19-14(7-9-16)18-13-6-4-5-12(17)15(13)19/h4-6,11H,3,7-10H2,1-2H3. The molecule has 2 nitrogen and oxygen atoms in total. The Morgan fingerprint density at radius 2 is 2.20 bits per heavy atom. The van der Waals surface area contributed by atoms with Gasteiger partial charge in [-0.3, -0.25) is 0 Å². The van der Waals surface area contributed by atoms with Crippen LogP contribution in [0.4, 0.5) is 0 Å². The molecule has 1 heterocycles. The number of thioether (sulfide) groups is 1. The Balaban J connectivity index is 2.39. The molecule has 0 amide bonds. The number of aryl methyl sites for hydroxylation is 1. The summed E-state index contributed by atoms with van der Waals surface area (Å²) in [7, 11) is 0. The number of halogens is 2. The van der Waals surface area contributed by atoms with Gasteiger partial charge in [-0.1, -0.05) is 24.6 Å². The maximum absolute atomic E-state index is 6.38. The van der Waals surface area contributed by atoms with Crippen LogP contribution in [-0.4, -0.2) is 26.9 Å². The average molecular weight is 331 g/mol. The largest absolute Gasteiger partial charge is 0.324 e. The van der Waals surface area contributed by atoms with Gasteiger partial charge in [0, 0.05) is 18.3 Å². The van der Waals surface area contributed by atoms with Crippen LogP contribution in [0.2, 0.25) is 5.02 Å². The van der Waals surface area contributed by atoms with Crippen molar-refractivity contribution in [1.29, 1.82) is 0 Å². The molecular weight excluding hydrogens is 311 g/mol. The Morgan fingerprint density at radius 3 is 2.90 bits per heavy atom. The number of aromatic nitrogens is 2. The van der Waals surface area contributed by atoms with Crippen molar-refractivity contribution >= 4 is 46.0 Å². The van der Waals surface area contributed by atoms with E-state index in [1.807, 2.05) is 30.0 Å². The summed E-state index contributed by atoms with van der Waals surface area (Å²) in [4.78, 5) is 4.70. The van der Waals surface area contributed by atoms with Crippen LogP contribution in [0.3, 0.4) is 0 Å². The summed E-state index contributed by atoms with van der Waals surface area (Å²) in [6, 6.07) is 6.28. The zero-order valence-electron chi connectivity index (χ0n) is 11.9. The fourth-order valence-electron chi connectivity index (χ4n) is 2.42. The van der Waals surface area contributed by atoms with Crippen molar-refractivity contribution in [2.75, 3.05) is 17.4 Å². The van der Waals surface area contributed by atoms with Gasteiger partial charge in [-0.15, -0.1) is 11.6 Å². The molecule has 0 radical (unpaired) electrons. The minimum atomic E-state index is 0.386. The van der Waals surface area contributed by atoms with Gasteiger partial charge in [-0.05, 0) is 37.0 Å². The topological polar surface area (TPSA) is 17.8 Å². The van der Waals surface area contributed by atoms with Gasteiger partial charge >= 0.3 is 0 Å². The number of para-hydroxylation sites is 1. The van der Waals surface area contributed by atoms with E-state index < -0.39 is 0 Å². The van der Waals surface area contributed by atoms with Crippen LogP contribution in [0.5, 0.6) is 0 Å². The Labute approximate surface area is 134 Å². The molecule has 0 saturated heterocycles. The summed E-state index contributed by atoms with van der Waals surface area (Å²) in [5.74, 6) is 3.93. The lowest BCUT2D eigenvalue weighted by atomic mass is 10.2. The molecule has 0 aliphatic rings. The fourth-order valence-corrected chi connectivity index (χ4v) is 3.64. The molecule has 0 spiro atoms. The lowest BCUT2D eigenvalue weighted by Gasteiger charge is -2.17. The Bertz CT molecular complexity index is 568. The van der Waals surface area contributed by atoms with Crippen molar-refractivity contribution in [3.63, 3.8) is 0 Å². The van der Waals surface area contributed by atoms with Gasteiger partial charge < -0.3 is 4.57 Å². The highest BCUT2D eigenvalue weighted by Gasteiger charge is 2.17. The maximum Gasteiger partial charge on any atom is 0.111 e. The second-order valence-electron chi connectivity index (χ2n) is 4.78. The minimum absolute atomic E-state index is 0.386. The van der Waals surface area contributed by atoms with Crippen LogP contribution >= 0.6 is 35.0 Å². The second-order valence-corrected chi connectivity index (χ2v) is 6.96. The number of hydrogen-bond donors (Lipinski definition) is 0. The number of rotatable bonds is 7. The molecule has 0 N–H and O–H groups in total. The van der Waals surface area contributed by atoms with E-state index in [9.17, 15) is 0 Å². The summed E-state index contributed by atoms with van der Waals surface area (Å²) >= 11 is 14.3. The summed E-state index contributed by atoms with van der Waals surface area (Å²) in [6.07, 6.45) is 1.89. The summed E-state index contributed by atoms with van der Waals surface area (Å²) < 4.78 is 2.27. The molecule has 1 aromatic carbocycles. The molecule has 2 rings (SSSR count). The van der Waals surface area contributed by atoms with Crippen LogP contribution in [0.25, 0.3) is 11.0 Å². The van der Waals surface area contributed by atoms with Gasteiger partial charge in [0.15, 0.2) is 0 Å². The van der Waals surface area contributed by atoms with Crippen molar-refractivity contribution < 1.29 is 0 Å². The van der Waals surface area contributed by atoms with Gasteiger partial charge in [0.05, 0.1) is 16.1 Å². The number of hydrogen-bond acceptors (Lipinski definition) is 2. The van der Waals surface area contributed by atoms with E-state index in [4.69, 9.17) is 28.2 Å². The maximum atomic E-state index is 6.38. The molecule has 0 saturated carbocycles. The SMILES string of the molecule is CCSCCC(C)n1c(CCCl)nc2cccc(Cl)c21. The number of fused-ring (bicyclic) bond motifs is 1. The smallest absolute Gasteiger partial charge is 0.111 e. The second kappa shape index (κ2) is 7.58. The third kappa shape index (κ3) is 3.44. The van der Waals surface area contributed by atoms with Crippen LogP contribution in [0.15, 0.2) is 18.2 Å². The number of alkyl halides is 1. The van der Waals surface area contributed by atoms with Gasteiger partial charge in [-0.25, -0.2) is 4.98 Å². The molecule has 0 aliphatic heterocycles. The molecule has 110 valence electrons. The number of benzene rings is 1. The molecule has 0 fully saturated rings. The molecule has 0 aliphatic carbocycles. The normalized spacial score (nSPS) is 13.0. The quantitative estimate of drug-likeness (QED) is 0.514. The first kappa shape index (κ1) is 16.0. The van der Waals surface area contributed by atoms with Crippen LogP contribution < -0.4 is 0 Å². The average Bonchev–Trinajstić information content (AvgIpc) is 2.79. The Kier molecular flexibility index (Phi) is 6.06. The number of nitrogens with zero attached hydrogens (tertiary/aromatic N) is 2. The lowest BCUT2D eigenvalue weighted by Crippen LogP contribution is -2.11. The predicted molar refractivity (Wildman–Crippen MR) is 91.5 cm³/mol. The van der Waals surface area contributed by atoms with E-state index >= 15 is 0 Å². The van der Waals surface area contributed by atoms with Crippen LogP contribution in [0.1, 0.15) is 32.1 Å². The Hall–Kier alpha value is -0.380. The number of imidazole rings is 1. The summed E-state index contributed by atoms with van der Waals surface area (Å²) in [5.41, 5.74) is 2.01. The molecular formula is C15H20Cl2N2S. The molecule has 1 unspecified atom stereocenters. The highest BCUT2D eigenvalue weighted by atomic mass is 35.5. The first-order valence-electron chi connectivity index (χ1n) is 6.98. The molecule has 0 bridgehead atoms. The van der Waals surface area contributed by atoms with E-state index in [2.05, 4.69) is 18.4 Å². The van der Waals surface area contributed by atoms with Crippen molar-refractivity contribution in [1.82, 2.24) is 9.55 Å².